The van der Waals surface area contributed by atoms with Crippen molar-refractivity contribution < 1.29 is 4.79 Å². The lowest BCUT2D eigenvalue weighted by molar-refractivity contribution is 0.445. The number of benzene rings is 1. The molecule has 1 aromatic rings. The molecule has 0 saturated heterocycles. The molecule has 63 valence electrons. The van der Waals surface area contributed by atoms with E-state index < -0.39 is 0 Å². The predicted octanol–water partition coefficient (Wildman–Crippen LogP) is 1.40. The van der Waals surface area contributed by atoms with Gasteiger partial charge in [0, 0.05) is 6.54 Å². The second-order valence-electron chi connectivity index (χ2n) is 2.31. The monoisotopic (exact) mass is 163 g/mol. The van der Waals surface area contributed by atoms with E-state index in [1.165, 1.54) is 5.01 Å². The molecule has 0 atom stereocenters. The molecule has 0 aromatic heterocycles. The van der Waals surface area contributed by atoms with Crippen molar-refractivity contribution in [2.75, 3.05) is 12.0 Å². The van der Waals surface area contributed by atoms with E-state index in [9.17, 15) is 4.79 Å². The summed E-state index contributed by atoms with van der Waals surface area (Å²) in [4.78, 5) is 10.3. The minimum atomic E-state index is 0.596. The zero-order valence-corrected chi connectivity index (χ0v) is 6.95. The maximum absolute atomic E-state index is 10.3. The molecule has 1 N–H and O–H groups in total. The summed E-state index contributed by atoms with van der Waals surface area (Å²) in [6.45, 7) is 2.47. The summed E-state index contributed by atoms with van der Waals surface area (Å²) in [6.07, 6.45) is 1.77. The van der Waals surface area contributed by atoms with Gasteiger partial charge in [-0.05, 0) is 19.1 Å². The average Bonchev–Trinajstić information content (AvgIpc) is 2.16. The highest BCUT2D eigenvalue weighted by molar-refractivity contribution is 5.53. The van der Waals surface area contributed by atoms with Crippen LogP contribution < -0.4 is 5.43 Å². The molecular formula is C9H11N2O. The van der Waals surface area contributed by atoms with Gasteiger partial charge in [-0.2, -0.15) is 0 Å². The molecule has 0 aliphatic rings. The minimum Gasteiger partial charge on any atom is -0.296 e. The van der Waals surface area contributed by atoms with Crippen molar-refractivity contribution >= 4 is 12.1 Å². The number of amides is 1. The van der Waals surface area contributed by atoms with Crippen LogP contribution in [0.1, 0.15) is 6.92 Å². The van der Waals surface area contributed by atoms with Crippen molar-refractivity contribution in [2.45, 2.75) is 6.92 Å². The summed E-state index contributed by atoms with van der Waals surface area (Å²) < 4.78 is 0. The van der Waals surface area contributed by atoms with Crippen molar-refractivity contribution in [2.24, 2.45) is 0 Å². The van der Waals surface area contributed by atoms with Crippen LogP contribution in [0, 0.1) is 0 Å². The van der Waals surface area contributed by atoms with Crippen LogP contribution in [0.25, 0.3) is 0 Å². The van der Waals surface area contributed by atoms with Gasteiger partial charge in [-0.15, -0.1) is 0 Å². The van der Waals surface area contributed by atoms with E-state index in [0.29, 0.717) is 6.54 Å². The number of hydrogen-bond donors (Lipinski definition) is 1. The Morgan fingerprint density at radius 1 is 1.42 bits per heavy atom. The van der Waals surface area contributed by atoms with Crippen molar-refractivity contribution in [1.29, 1.82) is 0 Å². The molecule has 1 rings (SSSR count). The summed E-state index contributed by atoms with van der Waals surface area (Å²) in [5.41, 5.74) is 3.78. The van der Waals surface area contributed by atoms with Gasteiger partial charge in [-0.1, -0.05) is 18.2 Å². The lowest BCUT2D eigenvalue weighted by atomic mass is 10.3. The number of nitrogens with one attached hydrogen (secondary N) is 1. The van der Waals surface area contributed by atoms with Gasteiger partial charge in [-0.25, -0.2) is 5.01 Å². The Balaban J connectivity index is 2.56. The third-order valence-corrected chi connectivity index (χ3v) is 1.46. The molecular weight excluding hydrogens is 152 g/mol. The third-order valence-electron chi connectivity index (χ3n) is 1.46. The number of rotatable bonds is 4. The van der Waals surface area contributed by atoms with Crippen LogP contribution in [0.5, 0.6) is 0 Å². The standard InChI is InChI=1S/C9H11N2O/c1-2-11(8-12)10-9-6-4-3-5-7-9/h3-7,10H,2H2,1H3. The highest BCUT2D eigenvalue weighted by atomic mass is 16.1. The fourth-order valence-electron chi connectivity index (χ4n) is 0.835. The third kappa shape index (κ3) is 2.27. The number of carbonyl (C=O) groups excluding carboxylic acids is 1. The molecule has 0 spiro atoms. The smallest absolute Gasteiger partial charge is 0.296 e. The number of para-hydroxylation sites is 1. The Kier molecular flexibility index (Phi) is 3.14. The van der Waals surface area contributed by atoms with Crippen LogP contribution in [-0.2, 0) is 4.79 Å². The highest BCUT2D eigenvalue weighted by Crippen LogP contribution is 2.04. The first-order chi connectivity index (χ1) is 5.86. The molecule has 3 heteroatoms. The number of nitrogens with zero attached hydrogens (tertiary/aromatic N) is 1. The number of hydrogen-bond acceptors (Lipinski definition) is 2. The number of hydrazine groups is 1. The zero-order chi connectivity index (χ0) is 8.81. The van der Waals surface area contributed by atoms with Crippen LogP contribution in [0.15, 0.2) is 30.3 Å². The number of anilines is 1. The van der Waals surface area contributed by atoms with Gasteiger partial charge in [0.05, 0.1) is 5.69 Å². The quantitative estimate of drug-likeness (QED) is 0.537. The summed E-state index contributed by atoms with van der Waals surface area (Å²) in [5, 5.41) is 1.36. The molecule has 0 bridgehead atoms. The van der Waals surface area contributed by atoms with Crippen molar-refractivity contribution in [3.63, 3.8) is 0 Å². The van der Waals surface area contributed by atoms with Gasteiger partial charge in [0.2, 0.25) is 0 Å². The SMILES string of the molecule is CCN([C]=O)Nc1ccccc1. The molecule has 0 unspecified atom stereocenters. The Hall–Kier alpha value is -1.51. The molecule has 0 saturated carbocycles. The molecule has 0 aliphatic heterocycles. The van der Waals surface area contributed by atoms with E-state index in [1.54, 1.807) is 6.41 Å². The van der Waals surface area contributed by atoms with Gasteiger partial charge in [-0.3, -0.25) is 10.2 Å². The Morgan fingerprint density at radius 2 is 2.08 bits per heavy atom. The molecule has 0 aliphatic carbocycles. The van der Waals surface area contributed by atoms with Gasteiger partial charge in [0.15, 0.2) is 0 Å². The van der Waals surface area contributed by atoms with E-state index in [1.807, 2.05) is 37.3 Å². The maximum Gasteiger partial charge on any atom is 0.332 e. The zero-order valence-electron chi connectivity index (χ0n) is 6.95. The highest BCUT2D eigenvalue weighted by Gasteiger charge is 1.96. The molecule has 12 heavy (non-hydrogen) atoms. The molecule has 0 fully saturated rings. The maximum atomic E-state index is 10.3. The van der Waals surface area contributed by atoms with E-state index >= 15 is 0 Å². The largest absolute Gasteiger partial charge is 0.332 e. The Bertz CT molecular complexity index is 236. The predicted molar refractivity (Wildman–Crippen MR) is 48.1 cm³/mol. The van der Waals surface area contributed by atoms with Gasteiger partial charge in [0.1, 0.15) is 0 Å². The lowest BCUT2D eigenvalue weighted by Crippen LogP contribution is -2.27. The summed E-state index contributed by atoms with van der Waals surface area (Å²) in [7, 11) is 0. The normalized spacial score (nSPS) is 9.08. The molecule has 1 radical (unpaired) electrons. The lowest BCUT2D eigenvalue weighted by Gasteiger charge is -2.15. The molecule has 1 amide bonds. The summed E-state index contributed by atoms with van der Waals surface area (Å²) in [6, 6.07) is 9.51. The first kappa shape index (κ1) is 8.59. The van der Waals surface area contributed by atoms with Crippen molar-refractivity contribution in [3.8, 4) is 0 Å². The van der Waals surface area contributed by atoms with Crippen LogP contribution in [-0.4, -0.2) is 18.0 Å². The Labute approximate surface area is 72.0 Å². The summed E-state index contributed by atoms with van der Waals surface area (Å²) in [5.74, 6) is 0. The second kappa shape index (κ2) is 4.38. The average molecular weight is 163 g/mol. The first-order valence-corrected chi connectivity index (χ1v) is 3.84. The second-order valence-corrected chi connectivity index (χ2v) is 2.31. The van der Waals surface area contributed by atoms with Crippen LogP contribution >= 0.6 is 0 Å². The van der Waals surface area contributed by atoms with Crippen LogP contribution in [0.4, 0.5) is 5.69 Å². The Morgan fingerprint density at radius 3 is 2.58 bits per heavy atom. The van der Waals surface area contributed by atoms with E-state index in [2.05, 4.69) is 5.43 Å². The fraction of sp³-hybridized carbons (Fsp3) is 0.222. The van der Waals surface area contributed by atoms with E-state index in [-0.39, 0.29) is 0 Å². The molecule has 0 heterocycles. The van der Waals surface area contributed by atoms with E-state index in [0.717, 1.165) is 5.69 Å². The topological polar surface area (TPSA) is 32.3 Å². The first-order valence-electron chi connectivity index (χ1n) is 3.84. The van der Waals surface area contributed by atoms with Gasteiger partial charge in [0.25, 0.3) is 0 Å². The minimum absolute atomic E-state index is 0.596. The van der Waals surface area contributed by atoms with Crippen LogP contribution in [0.2, 0.25) is 0 Å². The van der Waals surface area contributed by atoms with Crippen LogP contribution in [0.3, 0.4) is 0 Å². The molecule has 1 aromatic carbocycles. The summed E-state index contributed by atoms with van der Waals surface area (Å²) >= 11 is 0. The van der Waals surface area contributed by atoms with Crippen molar-refractivity contribution in [3.05, 3.63) is 30.3 Å². The van der Waals surface area contributed by atoms with Gasteiger partial charge >= 0.3 is 6.41 Å². The fourth-order valence-corrected chi connectivity index (χ4v) is 0.835. The van der Waals surface area contributed by atoms with Crippen molar-refractivity contribution in [1.82, 2.24) is 5.01 Å². The van der Waals surface area contributed by atoms with Gasteiger partial charge < -0.3 is 0 Å². The van der Waals surface area contributed by atoms with E-state index in [4.69, 9.17) is 0 Å². The molecule has 3 nitrogen and oxygen atoms in total.